The molecule has 3 N–H and O–H groups in total. The number of benzene rings is 1. The number of hydrogen-bond acceptors (Lipinski definition) is 2. The SMILES string of the molecule is CC(C)(N)C(C)(CC(=O)O)c1ccccc1. The normalized spacial score (nSPS) is 15.5. The minimum absolute atomic E-state index is 0.0283. The molecular formula is C13H19NO2. The molecule has 1 unspecified atom stereocenters. The average molecular weight is 221 g/mol. The lowest BCUT2D eigenvalue weighted by atomic mass is 9.66. The zero-order valence-electron chi connectivity index (χ0n) is 10.0. The van der Waals surface area contributed by atoms with Crippen LogP contribution >= 0.6 is 0 Å². The van der Waals surface area contributed by atoms with Crippen molar-refractivity contribution in [2.45, 2.75) is 38.1 Å². The Morgan fingerprint density at radius 2 is 1.75 bits per heavy atom. The third-order valence-electron chi connectivity index (χ3n) is 3.34. The van der Waals surface area contributed by atoms with Crippen LogP contribution in [0.3, 0.4) is 0 Å². The Bertz CT molecular complexity index is 367. The molecule has 0 saturated heterocycles. The molecule has 1 atom stereocenters. The van der Waals surface area contributed by atoms with Crippen molar-refractivity contribution >= 4 is 5.97 Å². The first kappa shape index (κ1) is 12.7. The van der Waals surface area contributed by atoms with E-state index in [2.05, 4.69) is 0 Å². The summed E-state index contributed by atoms with van der Waals surface area (Å²) in [6.07, 6.45) is 0.0283. The molecular weight excluding hydrogens is 202 g/mol. The molecule has 0 bridgehead atoms. The highest BCUT2D eigenvalue weighted by Gasteiger charge is 2.41. The van der Waals surface area contributed by atoms with E-state index in [-0.39, 0.29) is 6.42 Å². The number of carboxylic acids is 1. The second-order valence-corrected chi connectivity index (χ2v) is 4.99. The van der Waals surface area contributed by atoms with Crippen molar-refractivity contribution < 1.29 is 9.90 Å². The molecule has 0 aliphatic rings. The summed E-state index contributed by atoms with van der Waals surface area (Å²) in [6.45, 7) is 5.63. The van der Waals surface area contributed by atoms with Gasteiger partial charge in [-0.3, -0.25) is 4.79 Å². The van der Waals surface area contributed by atoms with E-state index in [1.807, 2.05) is 51.1 Å². The molecule has 3 heteroatoms. The molecule has 0 amide bonds. The highest BCUT2D eigenvalue weighted by atomic mass is 16.4. The fraction of sp³-hybridized carbons (Fsp3) is 0.462. The molecule has 16 heavy (non-hydrogen) atoms. The van der Waals surface area contributed by atoms with Crippen LogP contribution in [0, 0.1) is 0 Å². The van der Waals surface area contributed by atoms with Gasteiger partial charge in [0.25, 0.3) is 0 Å². The summed E-state index contributed by atoms with van der Waals surface area (Å²) in [5.41, 5.74) is 5.93. The van der Waals surface area contributed by atoms with Gasteiger partial charge in [-0.05, 0) is 19.4 Å². The third kappa shape index (κ3) is 2.42. The van der Waals surface area contributed by atoms with Gasteiger partial charge in [-0.1, -0.05) is 37.3 Å². The van der Waals surface area contributed by atoms with Crippen LogP contribution in [0.5, 0.6) is 0 Å². The first-order chi connectivity index (χ1) is 7.27. The maximum Gasteiger partial charge on any atom is 0.304 e. The lowest BCUT2D eigenvalue weighted by Crippen LogP contribution is -2.53. The molecule has 0 aliphatic heterocycles. The molecule has 0 fully saturated rings. The Kier molecular flexibility index (Phi) is 3.38. The van der Waals surface area contributed by atoms with Crippen LogP contribution in [0.2, 0.25) is 0 Å². The van der Waals surface area contributed by atoms with Crippen molar-refractivity contribution in [3.05, 3.63) is 35.9 Å². The van der Waals surface area contributed by atoms with Crippen LogP contribution in [-0.2, 0) is 10.2 Å². The Hall–Kier alpha value is -1.35. The van der Waals surface area contributed by atoms with Gasteiger partial charge in [-0.15, -0.1) is 0 Å². The van der Waals surface area contributed by atoms with Crippen LogP contribution in [0.4, 0.5) is 0 Å². The van der Waals surface area contributed by atoms with Crippen LogP contribution < -0.4 is 5.73 Å². The number of rotatable bonds is 4. The molecule has 1 aromatic carbocycles. The Morgan fingerprint density at radius 1 is 1.25 bits per heavy atom. The third-order valence-corrected chi connectivity index (χ3v) is 3.34. The average Bonchev–Trinajstić information content (AvgIpc) is 2.16. The van der Waals surface area contributed by atoms with Crippen LogP contribution in [-0.4, -0.2) is 16.6 Å². The van der Waals surface area contributed by atoms with Gasteiger partial charge in [0.1, 0.15) is 0 Å². The number of hydrogen-bond donors (Lipinski definition) is 2. The summed E-state index contributed by atoms with van der Waals surface area (Å²) in [7, 11) is 0. The predicted octanol–water partition coefficient (Wildman–Crippen LogP) is 2.16. The summed E-state index contributed by atoms with van der Waals surface area (Å²) >= 11 is 0. The molecule has 1 rings (SSSR count). The van der Waals surface area contributed by atoms with Gasteiger partial charge in [-0.2, -0.15) is 0 Å². The van der Waals surface area contributed by atoms with Gasteiger partial charge in [0.15, 0.2) is 0 Å². The minimum Gasteiger partial charge on any atom is -0.481 e. The van der Waals surface area contributed by atoms with Crippen molar-refractivity contribution in [2.75, 3.05) is 0 Å². The zero-order valence-corrected chi connectivity index (χ0v) is 10.0. The smallest absolute Gasteiger partial charge is 0.304 e. The molecule has 0 spiro atoms. The summed E-state index contributed by atoms with van der Waals surface area (Å²) in [5.74, 6) is -0.829. The van der Waals surface area contributed by atoms with Gasteiger partial charge in [0.2, 0.25) is 0 Å². The van der Waals surface area contributed by atoms with Gasteiger partial charge in [0, 0.05) is 11.0 Å². The Morgan fingerprint density at radius 3 is 2.12 bits per heavy atom. The van der Waals surface area contributed by atoms with Crippen LogP contribution in [0.1, 0.15) is 32.8 Å². The van der Waals surface area contributed by atoms with E-state index >= 15 is 0 Å². The van der Waals surface area contributed by atoms with E-state index in [9.17, 15) is 4.79 Å². The van der Waals surface area contributed by atoms with E-state index in [1.165, 1.54) is 0 Å². The van der Waals surface area contributed by atoms with E-state index in [0.717, 1.165) is 5.56 Å². The molecule has 0 aliphatic carbocycles. The van der Waals surface area contributed by atoms with Gasteiger partial charge >= 0.3 is 5.97 Å². The van der Waals surface area contributed by atoms with Gasteiger partial charge in [0.05, 0.1) is 6.42 Å². The second kappa shape index (κ2) is 4.26. The molecule has 88 valence electrons. The van der Waals surface area contributed by atoms with Crippen molar-refractivity contribution in [1.82, 2.24) is 0 Å². The van der Waals surface area contributed by atoms with E-state index in [4.69, 9.17) is 10.8 Å². The van der Waals surface area contributed by atoms with Crippen molar-refractivity contribution in [3.8, 4) is 0 Å². The standard InChI is InChI=1S/C13H19NO2/c1-12(2,14)13(3,9-11(15)16)10-7-5-4-6-8-10/h4-8H,9,14H2,1-3H3,(H,15,16). The lowest BCUT2D eigenvalue weighted by Gasteiger charge is -2.41. The predicted molar refractivity (Wildman–Crippen MR) is 64.3 cm³/mol. The summed E-state index contributed by atoms with van der Waals surface area (Å²) < 4.78 is 0. The second-order valence-electron chi connectivity index (χ2n) is 4.99. The number of carbonyl (C=O) groups is 1. The molecule has 0 aromatic heterocycles. The van der Waals surface area contributed by atoms with E-state index < -0.39 is 16.9 Å². The van der Waals surface area contributed by atoms with Crippen molar-refractivity contribution in [2.24, 2.45) is 5.73 Å². The number of carboxylic acid groups (broad SMARTS) is 1. The van der Waals surface area contributed by atoms with Gasteiger partial charge < -0.3 is 10.8 Å². The first-order valence-corrected chi connectivity index (χ1v) is 5.33. The molecule has 3 nitrogen and oxygen atoms in total. The molecule has 1 aromatic rings. The van der Waals surface area contributed by atoms with Crippen LogP contribution in [0.15, 0.2) is 30.3 Å². The highest BCUT2D eigenvalue weighted by Crippen LogP contribution is 2.36. The lowest BCUT2D eigenvalue weighted by molar-refractivity contribution is -0.139. The molecule has 0 radical (unpaired) electrons. The van der Waals surface area contributed by atoms with Gasteiger partial charge in [-0.25, -0.2) is 0 Å². The van der Waals surface area contributed by atoms with Crippen molar-refractivity contribution in [3.63, 3.8) is 0 Å². The van der Waals surface area contributed by atoms with E-state index in [1.54, 1.807) is 0 Å². The summed E-state index contributed by atoms with van der Waals surface area (Å²) in [6, 6.07) is 9.58. The topological polar surface area (TPSA) is 63.3 Å². The van der Waals surface area contributed by atoms with E-state index in [0.29, 0.717) is 0 Å². The fourth-order valence-corrected chi connectivity index (χ4v) is 1.81. The quantitative estimate of drug-likeness (QED) is 0.819. The maximum absolute atomic E-state index is 11.0. The Labute approximate surface area is 96.3 Å². The molecule has 0 saturated carbocycles. The molecule has 0 heterocycles. The maximum atomic E-state index is 11.0. The monoisotopic (exact) mass is 221 g/mol. The highest BCUT2D eigenvalue weighted by molar-refractivity contribution is 5.69. The largest absolute Gasteiger partial charge is 0.481 e. The number of aliphatic carboxylic acids is 1. The minimum atomic E-state index is -0.829. The fourth-order valence-electron chi connectivity index (χ4n) is 1.81. The zero-order chi connectivity index (χ0) is 12.4. The summed E-state index contributed by atoms with van der Waals surface area (Å²) in [5, 5.41) is 9.02. The van der Waals surface area contributed by atoms with Crippen molar-refractivity contribution in [1.29, 1.82) is 0 Å². The van der Waals surface area contributed by atoms with Crippen LogP contribution in [0.25, 0.3) is 0 Å². The Balaban J connectivity index is 3.21. The first-order valence-electron chi connectivity index (χ1n) is 5.33. The summed E-state index contributed by atoms with van der Waals surface area (Å²) in [4.78, 5) is 11.0. The number of nitrogens with two attached hydrogens (primary N) is 1.